The number of thiocarbonyl (C=S) groups is 1. The third-order valence-electron chi connectivity index (χ3n) is 5.25. The van der Waals surface area contributed by atoms with E-state index in [0.717, 1.165) is 30.4 Å². The number of benzene rings is 2. The molecule has 3 rings (SSSR count). The molecule has 1 fully saturated rings. The molecule has 0 amide bonds. The standard InChI is InChI=1S/C24H33N3S/c1-24(2,19-26-16-10-5-11-17-26)20-27(18-21-12-6-3-7-13-21)23(28)25-22-14-8-4-9-15-22/h3-4,6-9,12-15H,5,10-11,16-20H2,1-2H3,(H,25,28). The van der Waals surface area contributed by atoms with Crippen LogP contribution in [0.15, 0.2) is 60.7 Å². The quantitative estimate of drug-likeness (QED) is 0.633. The smallest absolute Gasteiger partial charge is 0.173 e. The number of hydrogen-bond acceptors (Lipinski definition) is 2. The van der Waals surface area contributed by atoms with E-state index >= 15 is 0 Å². The van der Waals surface area contributed by atoms with Crippen molar-refractivity contribution in [1.29, 1.82) is 0 Å². The molecule has 1 aliphatic rings. The number of anilines is 1. The third-order valence-corrected chi connectivity index (χ3v) is 5.61. The van der Waals surface area contributed by atoms with Crippen LogP contribution in [0, 0.1) is 5.41 Å². The van der Waals surface area contributed by atoms with Crippen LogP contribution in [0.1, 0.15) is 38.7 Å². The fourth-order valence-electron chi connectivity index (χ4n) is 4.02. The number of rotatable bonds is 7. The van der Waals surface area contributed by atoms with Gasteiger partial charge in [-0.15, -0.1) is 0 Å². The van der Waals surface area contributed by atoms with Crippen LogP contribution in [0.3, 0.4) is 0 Å². The lowest BCUT2D eigenvalue weighted by Crippen LogP contribution is -2.46. The van der Waals surface area contributed by atoms with E-state index in [-0.39, 0.29) is 5.41 Å². The normalized spacial score (nSPS) is 15.2. The molecule has 1 aliphatic heterocycles. The first-order chi connectivity index (χ1) is 13.5. The van der Waals surface area contributed by atoms with Gasteiger partial charge >= 0.3 is 0 Å². The second kappa shape index (κ2) is 10.0. The highest BCUT2D eigenvalue weighted by Crippen LogP contribution is 2.23. The van der Waals surface area contributed by atoms with Gasteiger partial charge in [-0.2, -0.15) is 0 Å². The van der Waals surface area contributed by atoms with Crippen LogP contribution in [-0.2, 0) is 6.54 Å². The zero-order valence-corrected chi connectivity index (χ0v) is 18.0. The third kappa shape index (κ3) is 6.61. The first-order valence-corrected chi connectivity index (χ1v) is 10.8. The molecule has 0 atom stereocenters. The molecule has 2 aromatic carbocycles. The lowest BCUT2D eigenvalue weighted by molar-refractivity contribution is 0.130. The molecule has 0 radical (unpaired) electrons. The second-order valence-corrected chi connectivity index (χ2v) is 9.03. The Morgan fingerprint density at radius 3 is 2.21 bits per heavy atom. The Bertz CT molecular complexity index is 724. The Labute approximate surface area is 175 Å². The van der Waals surface area contributed by atoms with E-state index in [1.807, 2.05) is 18.2 Å². The summed E-state index contributed by atoms with van der Waals surface area (Å²) in [5.41, 5.74) is 2.49. The van der Waals surface area contributed by atoms with Gasteiger partial charge in [-0.3, -0.25) is 0 Å². The molecule has 1 saturated heterocycles. The van der Waals surface area contributed by atoms with Crippen LogP contribution in [0.5, 0.6) is 0 Å². The van der Waals surface area contributed by atoms with Gasteiger partial charge < -0.3 is 15.1 Å². The van der Waals surface area contributed by atoms with E-state index in [1.54, 1.807) is 0 Å². The molecule has 2 aromatic rings. The maximum atomic E-state index is 5.83. The summed E-state index contributed by atoms with van der Waals surface area (Å²) in [6.07, 6.45) is 4.04. The number of hydrogen-bond donors (Lipinski definition) is 1. The van der Waals surface area contributed by atoms with E-state index < -0.39 is 0 Å². The van der Waals surface area contributed by atoms with Crippen molar-refractivity contribution in [3.63, 3.8) is 0 Å². The highest BCUT2D eigenvalue weighted by atomic mass is 32.1. The summed E-state index contributed by atoms with van der Waals surface area (Å²) in [5.74, 6) is 0. The van der Waals surface area contributed by atoms with Crippen molar-refractivity contribution in [2.75, 3.05) is 31.5 Å². The maximum absolute atomic E-state index is 5.83. The van der Waals surface area contributed by atoms with Gasteiger partial charge in [0.15, 0.2) is 5.11 Å². The molecule has 3 nitrogen and oxygen atoms in total. The molecule has 0 spiro atoms. The fourth-order valence-corrected chi connectivity index (χ4v) is 4.26. The minimum Gasteiger partial charge on any atom is -0.344 e. The van der Waals surface area contributed by atoms with Gasteiger partial charge in [0.25, 0.3) is 0 Å². The molecule has 0 unspecified atom stereocenters. The van der Waals surface area contributed by atoms with Gasteiger partial charge in [0.05, 0.1) is 0 Å². The first kappa shape index (κ1) is 20.8. The molecule has 4 heteroatoms. The molecule has 1 N–H and O–H groups in total. The van der Waals surface area contributed by atoms with Crippen LogP contribution in [-0.4, -0.2) is 41.1 Å². The van der Waals surface area contributed by atoms with Gasteiger partial charge in [-0.25, -0.2) is 0 Å². The molecule has 0 aromatic heterocycles. The average Bonchev–Trinajstić information content (AvgIpc) is 2.69. The van der Waals surface area contributed by atoms with Crippen molar-refractivity contribution in [3.8, 4) is 0 Å². The molecular formula is C24H33N3S. The van der Waals surface area contributed by atoms with Crippen molar-refractivity contribution in [2.45, 2.75) is 39.7 Å². The monoisotopic (exact) mass is 395 g/mol. The Morgan fingerprint density at radius 1 is 0.964 bits per heavy atom. The van der Waals surface area contributed by atoms with Gasteiger partial charge in [0, 0.05) is 25.3 Å². The van der Waals surface area contributed by atoms with E-state index in [1.165, 1.54) is 37.9 Å². The number of nitrogens with zero attached hydrogens (tertiary/aromatic N) is 2. The summed E-state index contributed by atoms with van der Waals surface area (Å²) in [5, 5.41) is 4.23. The Hall–Kier alpha value is -1.91. The summed E-state index contributed by atoms with van der Waals surface area (Å²) in [7, 11) is 0. The molecule has 0 aliphatic carbocycles. The highest BCUT2D eigenvalue weighted by molar-refractivity contribution is 7.80. The number of para-hydroxylation sites is 1. The second-order valence-electron chi connectivity index (χ2n) is 8.64. The lowest BCUT2D eigenvalue weighted by Gasteiger charge is -2.39. The molecule has 28 heavy (non-hydrogen) atoms. The minimum atomic E-state index is 0.161. The highest BCUT2D eigenvalue weighted by Gasteiger charge is 2.27. The molecule has 0 bridgehead atoms. The van der Waals surface area contributed by atoms with E-state index in [2.05, 4.69) is 71.4 Å². The minimum absolute atomic E-state index is 0.161. The largest absolute Gasteiger partial charge is 0.344 e. The van der Waals surface area contributed by atoms with Crippen LogP contribution in [0.2, 0.25) is 0 Å². The van der Waals surface area contributed by atoms with Crippen LogP contribution >= 0.6 is 12.2 Å². The predicted molar refractivity (Wildman–Crippen MR) is 124 cm³/mol. The van der Waals surface area contributed by atoms with E-state index in [4.69, 9.17) is 12.2 Å². The molecular weight excluding hydrogens is 362 g/mol. The van der Waals surface area contributed by atoms with Gasteiger partial charge in [0.1, 0.15) is 0 Å². The maximum Gasteiger partial charge on any atom is 0.173 e. The first-order valence-electron chi connectivity index (χ1n) is 10.4. The number of nitrogens with one attached hydrogen (secondary N) is 1. The van der Waals surface area contributed by atoms with Crippen molar-refractivity contribution in [1.82, 2.24) is 9.80 Å². The Morgan fingerprint density at radius 2 is 1.57 bits per heavy atom. The van der Waals surface area contributed by atoms with E-state index in [9.17, 15) is 0 Å². The topological polar surface area (TPSA) is 18.5 Å². The summed E-state index contributed by atoms with van der Waals surface area (Å²) >= 11 is 5.83. The van der Waals surface area contributed by atoms with Gasteiger partial charge in [0.2, 0.25) is 0 Å². The zero-order valence-electron chi connectivity index (χ0n) is 17.2. The fraction of sp³-hybridized carbons (Fsp3) is 0.458. The van der Waals surface area contributed by atoms with Crippen molar-refractivity contribution in [3.05, 3.63) is 66.2 Å². The Kier molecular flexibility index (Phi) is 7.46. The SMILES string of the molecule is CC(C)(CN1CCCCC1)CN(Cc1ccccc1)C(=S)Nc1ccccc1. The zero-order chi connectivity index (χ0) is 19.8. The van der Waals surface area contributed by atoms with Crippen LogP contribution in [0.25, 0.3) is 0 Å². The molecule has 1 heterocycles. The summed E-state index contributed by atoms with van der Waals surface area (Å²) < 4.78 is 0. The van der Waals surface area contributed by atoms with Gasteiger partial charge in [-0.05, 0) is 61.3 Å². The lowest BCUT2D eigenvalue weighted by atomic mass is 9.91. The van der Waals surface area contributed by atoms with E-state index in [0.29, 0.717) is 0 Å². The summed E-state index contributed by atoms with van der Waals surface area (Å²) in [4.78, 5) is 4.94. The van der Waals surface area contributed by atoms with Gasteiger partial charge in [-0.1, -0.05) is 68.8 Å². The van der Waals surface area contributed by atoms with Crippen LogP contribution in [0.4, 0.5) is 5.69 Å². The predicted octanol–water partition coefficient (Wildman–Crippen LogP) is 5.40. The Balaban J connectivity index is 1.70. The summed E-state index contributed by atoms with van der Waals surface area (Å²) in [6, 6.07) is 20.8. The average molecular weight is 396 g/mol. The van der Waals surface area contributed by atoms with Crippen molar-refractivity contribution in [2.24, 2.45) is 5.41 Å². The van der Waals surface area contributed by atoms with Crippen molar-refractivity contribution < 1.29 is 0 Å². The van der Waals surface area contributed by atoms with Crippen molar-refractivity contribution >= 4 is 23.0 Å². The molecule has 0 saturated carbocycles. The summed E-state index contributed by atoms with van der Waals surface area (Å²) in [6.45, 7) is 10.1. The number of likely N-dealkylation sites (tertiary alicyclic amines) is 1. The number of piperidine rings is 1. The molecule has 150 valence electrons. The van der Waals surface area contributed by atoms with Crippen LogP contribution < -0.4 is 5.32 Å².